The maximum atomic E-state index is 5.92. The first-order valence-corrected chi connectivity index (χ1v) is 10.2. The van der Waals surface area contributed by atoms with E-state index in [0.717, 1.165) is 29.6 Å². The molecule has 0 bridgehead atoms. The Bertz CT molecular complexity index is 827. The average molecular weight is 461 g/mol. The van der Waals surface area contributed by atoms with Crippen LogP contribution in [0.1, 0.15) is 30.0 Å². The Morgan fingerprint density at radius 3 is 2.14 bits per heavy atom. The van der Waals surface area contributed by atoms with Crippen molar-refractivity contribution in [3.63, 3.8) is 0 Å². The van der Waals surface area contributed by atoms with E-state index in [2.05, 4.69) is 82.8 Å². The van der Waals surface area contributed by atoms with Crippen molar-refractivity contribution in [1.29, 1.82) is 0 Å². The minimum Gasteiger partial charge on any atom is -0.488 e. The molecule has 0 fully saturated rings. The van der Waals surface area contributed by atoms with E-state index in [1.54, 1.807) is 0 Å². The van der Waals surface area contributed by atoms with Crippen molar-refractivity contribution in [2.75, 3.05) is 0 Å². The Hall–Kier alpha value is -1.81. The lowest BCUT2D eigenvalue weighted by atomic mass is 10.1. The van der Waals surface area contributed by atoms with Crippen LogP contribution in [0.15, 0.2) is 83.3 Å². The van der Waals surface area contributed by atoms with Crippen molar-refractivity contribution >= 4 is 28.3 Å². The number of ether oxygens (including phenoxy) is 1. The molecule has 0 saturated heterocycles. The Kier molecular flexibility index (Phi) is 9.56. The number of benzene rings is 3. The summed E-state index contributed by atoms with van der Waals surface area (Å²) in [5.41, 5.74) is 3.82. The predicted molar refractivity (Wildman–Crippen MR) is 123 cm³/mol. The fourth-order valence-electron chi connectivity index (χ4n) is 2.93. The van der Waals surface area contributed by atoms with Crippen LogP contribution in [0.3, 0.4) is 0 Å². The molecule has 4 heteroatoms. The highest BCUT2D eigenvalue weighted by molar-refractivity contribution is 9.10. The van der Waals surface area contributed by atoms with Crippen molar-refractivity contribution in [1.82, 2.24) is 5.32 Å². The maximum absolute atomic E-state index is 5.92. The van der Waals surface area contributed by atoms with Crippen LogP contribution in [0.5, 0.6) is 5.75 Å². The number of halogens is 2. The molecule has 2 nitrogen and oxygen atoms in total. The summed E-state index contributed by atoms with van der Waals surface area (Å²) >= 11 is 3.64. The lowest BCUT2D eigenvalue weighted by Crippen LogP contribution is -2.25. The fraction of sp³-hybridized carbons (Fsp3) is 0.250. The normalized spacial score (nSPS) is 11.5. The van der Waals surface area contributed by atoms with Crippen molar-refractivity contribution in [2.45, 2.75) is 39.0 Å². The molecule has 0 spiro atoms. The standard InChI is InChI=1S/C24H26BrNO.ClH/c1-19(12-13-20-8-4-2-5-9-20)26-17-22-14-15-24(23(25)16-22)27-18-21-10-6-3-7-11-21;/h2-11,14-16,19,26H,12-13,17-18H2,1H3;1H. The summed E-state index contributed by atoms with van der Waals surface area (Å²) in [6.07, 6.45) is 2.23. The van der Waals surface area contributed by atoms with E-state index in [1.165, 1.54) is 16.7 Å². The summed E-state index contributed by atoms with van der Waals surface area (Å²) in [4.78, 5) is 0. The van der Waals surface area contributed by atoms with Gasteiger partial charge in [0, 0.05) is 12.6 Å². The topological polar surface area (TPSA) is 21.3 Å². The molecule has 0 saturated carbocycles. The van der Waals surface area contributed by atoms with Gasteiger partial charge in [0.1, 0.15) is 12.4 Å². The monoisotopic (exact) mass is 459 g/mol. The van der Waals surface area contributed by atoms with E-state index in [0.29, 0.717) is 12.6 Å². The van der Waals surface area contributed by atoms with Crippen molar-refractivity contribution in [3.8, 4) is 5.75 Å². The number of nitrogens with one attached hydrogen (secondary N) is 1. The van der Waals surface area contributed by atoms with Crippen molar-refractivity contribution < 1.29 is 4.74 Å². The van der Waals surface area contributed by atoms with E-state index in [9.17, 15) is 0 Å². The molecule has 3 aromatic carbocycles. The number of hydrogen-bond donors (Lipinski definition) is 1. The van der Waals surface area contributed by atoms with Crippen LogP contribution in [0.2, 0.25) is 0 Å². The van der Waals surface area contributed by atoms with E-state index in [-0.39, 0.29) is 12.4 Å². The molecule has 0 radical (unpaired) electrons. The second kappa shape index (κ2) is 11.9. The van der Waals surface area contributed by atoms with E-state index in [1.807, 2.05) is 24.3 Å². The zero-order valence-corrected chi connectivity index (χ0v) is 18.5. The zero-order valence-electron chi connectivity index (χ0n) is 16.1. The maximum Gasteiger partial charge on any atom is 0.134 e. The molecule has 1 atom stereocenters. The molecule has 148 valence electrons. The molecule has 0 aromatic heterocycles. The third kappa shape index (κ3) is 7.31. The van der Waals surface area contributed by atoms with Gasteiger partial charge < -0.3 is 10.1 Å². The molecule has 0 heterocycles. The second-order valence-electron chi connectivity index (χ2n) is 6.85. The smallest absolute Gasteiger partial charge is 0.134 e. The molecule has 0 aliphatic carbocycles. The molecule has 1 N–H and O–H groups in total. The SMILES string of the molecule is CC(CCc1ccccc1)NCc1ccc(OCc2ccccc2)c(Br)c1.Cl. The largest absolute Gasteiger partial charge is 0.488 e. The van der Waals surface area contributed by atoms with E-state index < -0.39 is 0 Å². The second-order valence-corrected chi connectivity index (χ2v) is 7.70. The van der Waals surface area contributed by atoms with Gasteiger partial charge in [0.15, 0.2) is 0 Å². The third-order valence-corrected chi connectivity index (χ3v) is 5.22. The molecule has 1 unspecified atom stereocenters. The molecule has 3 aromatic rings. The summed E-state index contributed by atoms with van der Waals surface area (Å²) < 4.78 is 6.92. The van der Waals surface area contributed by atoms with E-state index >= 15 is 0 Å². The summed E-state index contributed by atoms with van der Waals surface area (Å²) in [5.74, 6) is 0.875. The first-order chi connectivity index (χ1) is 13.2. The Labute approximate surface area is 182 Å². The first kappa shape index (κ1) is 22.5. The molecule has 28 heavy (non-hydrogen) atoms. The van der Waals surface area contributed by atoms with Crippen LogP contribution < -0.4 is 10.1 Å². The third-order valence-electron chi connectivity index (χ3n) is 4.60. The van der Waals surface area contributed by atoms with Gasteiger partial charge in [0.25, 0.3) is 0 Å². The molecule has 3 rings (SSSR count). The average Bonchev–Trinajstić information content (AvgIpc) is 2.71. The Morgan fingerprint density at radius 1 is 0.857 bits per heavy atom. The zero-order chi connectivity index (χ0) is 18.9. The summed E-state index contributed by atoms with van der Waals surface area (Å²) in [7, 11) is 0. The highest BCUT2D eigenvalue weighted by Gasteiger charge is 2.06. The van der Waals surface area contributed by atoms with Gasteiger partial charge in [-0.2, -0.15) is 0 Å². The van der Waals surface area contributed by atoms with Crippen LogP contribution >= 0.6 is 28.3 Å². The Balaban J connectivity index is 0.00000280. The molecule has 0 aliphatic rings. The van der Waals surface area contributed by atoms with Crippen molar-refractivity contribution in [2.24, 2.45) is 0 Å². The van der Waals surface area contributed by atoms with Gasteiger partial charge in [-0.25, -0.2) is 0 Å². The molecular formula is C24H27BrClNO. The minimum absolute atomic E-state index is 0. The van der Waals surface area contributed by atoms with Gasteiger partial charge in [-0.05, 0) is 64.5 Å². The molecule has 0 aliphatic heterocycles. The van der Waals surface area contributed by atoms with Crippen LogP contribution in [0.25, 0.3) is 0 Å². The molecule has 0 amide bonds. The van der Waals surface area contributed by atoms with Gasteiger partial charge in [-0.1, -0.05) is 66.7 Å². The highest BCUT2D eigenvalue weighted by Crippen LogP contribution is 2.27. The summed E-state index contributed by atoms with van der Waals surface area (Å²) in [6, 6.07) is 27.7. The van der Waals surface area contributed by atoms with Crippen LogP contribution in [-0.2, 0) is 19.6 Å². The van der Waals surface area contributed by atoms with Gasteiger partial charge in [0.05, 0.1) is 4.47 Å². The van der Waals surface area contributed by atoms with Crippen LogP contribution in [0.4, 0.5) is 0 Å². The number of aryl methyl sites for hydroxylation is 1. The van der Waals surface area contributed by atoms with Gasteiger partial charge in [-0.3, -0.25) is 0 Å². The van der Waals surface area contributed by atoms with Gasteiger partial charge in [0.2, 0.25) is 0 Å². The number of rotatable bonds is 9. The Morgan fingerprint density at radius 2 is 1.50 bits per heavy atom. The van der Waals surface area contributed by atoms with Gasteiger partial charge >= 0.3 is 0 Å². The lowest BCUT2D eigenvalue weighted by molar-refractivity contribution is 0.304. The van der Waals surface area contributed by atoms with Crippen LogP contribution in [0, 0.1) is 0 Å². The highest BCUT2D eigenvalue weighted by atomic mass is 79.9. The van der Waals surface area contributed by atoms with Crippen molar-refractivity contribution in [3.05, 3.63) is 100 Å². The summed E-state index contributed by atoms with van der Waals surface area (Å²) in [5, 5.41) is 3.61. The quantitative estimate of drug-likeness (QED) is 0.390. The fourth-order valence-corrected chi connectivity index (χ4v) is 3.47. The van der Waals surface area contributed by atoms with E-state index in [4.69, 9.17) is 4.74 Å². The first-order valence-electron chi connectivity index (χ1n) is 9.43. The molecular weight excluding hydrogens is 434 g/mol. The van der Waals surface area contributed by atoms with Crippen LogP contribution in [-0.4, -0.2) is 6.04 Å². The summed E-state index contributed by atoms with van der Waals surface area (Å²) in [6.45, 7) is 3.68. The lowest BCUT2D eigenvalue weighted by Gasteiger charge is -2.15. The minimum atomic E-state index is 0. The number of hydrogen-bond acceptors (Lipinski definition) is 2. The van der Waals surface area contributed by atoms with Gasteiger partial charge in [-0.15, -0.1) is 12.4 Å². The predicted octanol–water partition coefficient (Wildman–Crippen LogP) is 6.56.